The molecule has 1 aromatic heterocycles. The quantitative estimate of drug-likeness (QED) is 0.261. The van der Waals surface area contributed by atoms with E-state index in [-0.39, 0.29) is 5.56 Å². The molecule has 1 heterocycles. The Bertz CT molecular complexity index is 1550. The number of carbonyl (C=O) groups excluding carboxylic acids is 2. The van der Waals surface area contributed by atoms with Crippen LogP contribution in [0.3, 0.4) is 0 Å². The van der Waals surface area contributed by atoms with E-state index in [1.807, 2.05) is 60.7 Å². The minimum Gasteiger partial charge on any atom is -0.422 e. The zero-order chi connectivity index (χ0) is 21.4. The van der Waals surface area contributed by atoms with Crippen molar-refractivity contribution < 1.29 is 14.0 Å². The van der Waals surface area contributed by atoms with E-state index in [1.54, 1.807) is 18.2 Å². The third-order valence-electron chi connectivity index (χ3n) is 5.21. The smallest absolute Gasteiger partial charge is 0.349 e. The average Bonchev–Trinajstić information content (AvgIpc) is 2.81. The number of amides is 2. The highest BCUT2D eigenvalue weighted by Gasteiger charge is 2.17. The van der Waals surface area contributed by atoms with Crippen LogP contribution in [0.4, 0.5) is 0 Å². The lowest BCUT2D eigenvalue weighted by Gasteiger charge is -2.10. The largest absolute Gasteiger partial charge is 0.422 e. The van der Waals surface area contributed by atoms with Gasteiger partial charge in [0.25, 0.3) is 11.8 Å². The van der Waals surface area contributed by atoms with Crippen LogP contribution in [0.25, 0.3) is 32.5 Å². The molecule has 0 saturated carbocycles. The maximum absolute atomic E-state index is 12.7. The Morgan fingerprint density at radius 1 is 0.613 bits per heavy atom. The lowest BCUT2D eigenvalue weighted by molar-refractivity contribution is 0.0845. The molecule has 150 valence electrons. The first-order valence-electron chi connectivity index (χ1n) is 9.66. The molecule has 0 saturated heterocycles. The topological polar surface area (TPSA) is 88.4 Å². The third kappa shape index (κ3) is 3.30. The summed E-state index contributed by atoms with van der Waals surface area (Å²) in [5, 5.41) is 4.12. The van der Waals surface area contributed by atoms with Crippen molar-refractivity contribution in [1.82, 2.24) is 10.9 Å². The van der Waals surface area contributed by atoms with Crippen LogP contribution in [0.1, 0.15) is 20.7 Å². The van der Waals surface area contributed by atoms with Gasteiger partial charge in [-0.05, 0) is 39.7 Å². The van der Waals surface area contributed by atoms with Crippen molar-refractivity contribution in [2.75, 3.05) is 0 Å². The van der Waals surface area contributed by atoms with Gasteiger partial charge in [0.05, 0.1) is 0 Å². The summed E-state index contributed by atoms with van der Waals surface area (Å²) < 4.78 is 5.34. The third-order valence-corrected chi connectivity index (χ3v) is 5.21. The zero-order valence-corrected chi connectivity index (χ0v) is 16.2. The van der Waals surface area contributed by atoms with Crippen LogP contribution in [0.5, 0.6) is 0 Å². The molecule has 6 heteroatoms. The van der Waals surface area contributed by atoms with E-state index >= 15 is 0 Å². The molecule has 0 radical (unpaired) electrons. The number of benzene rings is 4. The standard InChI is InChI=1S/C25H16N2O4/c28-23(19-11-5-8-15-6-1-3-9-17(15)19)26-27-24(29)21-14-20-18-10-4-2-7-16(18)12-13-22(20)31-25(21)30/h1-14H,(H,26,28)(H,27,29). The van der Waals surface area contributed by atoms with Crippen LogP contribution in [-0.2, 0) is 0 Å². The summed E-state index contributed by atoms with van der Waals surface area (Å²) in [7, 11) is 0. The Labute approximate surface area is 176 Å². The normalized spacial score (nSPS) is 11.0. The molecular weight excluding hydrogens is 392 g/mol. The van der Waals surface area contributed by atoms with Gasteiger partial charge in [0.2, 0.25) is 0 Å². The van der Waals surface area contributed by atoms with Gasteiger partial charge in [0.15, 0.2) is 0 Å². The highest BCUT2D eigenvalue weighted by Crippen LogP contribution is 2.25. The van der Waals surface area contributed by atoms with Crippen molar-refractivity contribution in [3.63, 3.8) is 0 Å². The lowest BCUT2D eigenvalue weighted by Crippen LogP contribution is -2.43. The molecule has 0 unspecified atom stereocenters. The minimum absolute atomic E-state index is 0.193. The van der Waals surface area contributed by atoms with Gasteiger partial charge in [-0.2, -0.15) is 0 Å². The van der Waals surface area contributed by atoms with Crippen molar-refractivity contribution in [2.45, 2.75) is 0 Å². The molecule has 4 aromatic carbocycles. The zero-order valence-electron chi connectivity index (χ0n) is 16.2. The Balaban J connectivity index is 1.45. The van der Waals surface area contributed by atoms with Gasteiger partial charge in [-0.25, -0.2) is 4.79 Å². The molecule has 5 aromatic rings. The fourth-order valence-electron chi connectivity index (χ4n) is 3.70. The van der Waals surface area contributed by atoms with E-state index in [0.717, 1.165) is 21.5 Å². The predicted molar refractivity (Wildman–Crippen MR) is 119 cm³/mol. The van der Waals surface area contributed by atoms with Crippen molar-refractivity contribution in [2.24, 2.45) is 0 Å². The van der Waals surface area contributed by atoms with Crippen molar-refractivity contribution in [3.8, 4) is 0 Å². The first-order valence-corrected chi connectivity index (χ1v) is 9.66. The molecule has 0 fully saturated rings. The Kier molecular flexibility index (Phi) is 4.45. The summed E-state index contributed by atoms with van der Waals surface area (Å²) in [4.78, 5) is 37.7. The number of hydrogen-bond donors (Lipinski definition) is 2. The van der Waals surface area contributed by atoms with E-state index in [1.165, 1.54) is 6.07 Å². The van der Waals surface area contributed by atoms with Gasteiger partial charge in [-0.1, -0.05) is 66.7 Å². The van der Waals surface area contributed by atoms with Crippen molar-refractivity contribution >= 4 is 44.3 Å². The van der Waals surface area contributed by atoms with Crippen LogP contribution in [0.2, 0.25) is 0 Å². The average molecular weight is 408 g/mol. The fraction of sp³-hybridized carbons (Fsp3) is 0. The number of fused-ring (bicyclic) bond motifs is 4. The molecule has 31 heavy (non-hydrogen) atoms. The minimum atomic E-state index is -0.778. The van der Waals surface area contributed by atoms with Gasteiger partial charge >= 0.3 is 5.63 Å². The van der Waals surface area contributed by atoms with Crippen molar-refractivity contribution in [3.05, 3.63) is 106 Å². The van der Waals surface area contributed by atoms with Crippen LogP contribution < -0.4 is 16.5 Å². The number of hydrazine groups is 1. The number of carbonyl (C=O) groups is 2. The Hall–Kier alpha value is -4.45. The van der Waals surface area contributed by atoms with Crippen LogP contribution in [0, 0.1) is 0 Å². The highest BCUT2D eigenvalue weighted by molar-refractivity contribution is 6.09. The van der Waals surface area contributed by atoms with Gasteiger partial charge < -0.3 is 4.42 Å². The predicted octanol–water partition coefficient (Wildman–Crippen LogP) is 4.17. The summed E-state index contributed by atoms with van der Waals surface area (Å²) in [5.74, 6) is -1.24. The van der Waals surface area contributed by atoms with Gasteiger partial charge in [0.1, 0.15) is 11.1 Å². The summed E-state index contributed by atoms with van der Waals surface area (Å²) in [5.41, 5.74) is 4.53. The maximum Gasteiger partial charge on any atom is 0.349 e. The first-order chi connectivity index (χ1) is 15.1. The SMILES string of the molecule is O=C(NNC(=O)c1cccc2ccccc12)c1cc2c(ccc3ccccc32)oc1=O. The van der Waals surface area contributed by atoms with Crippen molar-refractivity contribution in [1.29, 1.82) is 0 Å². The van der Waals surface area contributed by atoms with E-state index in [4.69, 9.17) is 4.42 Å². The van der Waals surface area contributed by atoms with Gasteiger partial charge in [-0.3, -0.25) is 20.4 Å². The van der Waals surface area contributed by atoms with Crippen LogP contribution in [0.15, 0.2) is 94.1 Å². The second kappa shape index (κ2) is 7.42. The Morgan fingerprint density at radius 3 is 2.00 bits per heavy atom. The molecule has 0 aliphatic rings. The molecule has 2 N–H and O–H groups in total. The lowest BCUT2D eigenvalue weighted by atomic mass is 10.0. The summed E-state index contributed by atoms with van der Waals surface area (Å²) in [6.45, 7) is 0. The van der Waals surface area contributed by atoms with E-state index in [9.17, 15) is 14.4 Å². The molecule has 0 spiro atoms. The van der Waals surface area contributed by atoms with E-state index in [0.29, 0.717) is 16.5 Å². The number of hydrogen-bond acceptors (Lipinski definition) is 4. The second-order valence-electron chi connectivity index (χ2n) is 7.08. The molecule has 5 rings (SSSR count). The summed E-state index contributed by atoms with van der Waals surface area (Å²) in [6.07, 6.45) is 0. The fourth-order valence-corrected chi connectivity index (χ4v) is 3.70. The molecule has 0 bridgehead atoms. The molecule has 0 aliphatic carbocycles. The van der Waals surface area contributed by atoms with E-state index in [2.05, 4.69) is 10.9 Å². The van der Waals surface area contributed by atoms with Gasteiger partial charge in [-0.15, -0.1) is 0 Å². The first kappa shape index (κ1) is 18.6. The van der Waals surface area contributed by atoms with Crippen LogP contribution in [-0.4, -0.2) is 11.8 Å². The number of rotatable bonds is 2. The number of nitrogens with one attached hydrogen (secondary N) is 2. The maximum atomic E-state index is 12.7. The molecule has 0 atom stereocenters. The second-order valence-corrected chi connectivity index (χ2v) is 7.08. The molecule has 6 nitrogen and oxygen atoms in total. The molecular formula is C25H16N2O4. The molecule has 0 aliphatic heterocycles. The Morgan fingerprint density at radius 2 is 1.23 bits per heavy atom. The monoisotopic (exact) mass is 408 g/mol. The summed E-state index contributed by atoms with van der Waals surface area (Å²) in [6, 6.07) is 25.4. The van der Waals surface area contributed by atoms with Gasteiger partial charge in [0, 0.05) is 10.9 Å². The highest BCUT2D eigenvalue weighted by atomic mass is 16.4. The van der Waals surface area contributed by atoms with Crippen LogP contribution >= 0.6 is 0 Å². The summed E-state index contributed by atoms with van der Waals surface area (Å²) >= 11 is 0. The molecule has 2 amide bonds. The van der Waals surface area contributed by atoms with E-state index < -0.39 is 17.4 Å².